The van der Waals surface area contributed by atoms with Crippen LogP contribution in [0.3, 0.4) is 0 Å². The Morgan fingerprint density at radius 1 is 1.44 bits per heavy atom. The molecule has 1 fully saturated rings. The summed E-state index contributed by atoms with van der Waals surface area (Å²) >= 11 is 7.64. The van der Waals surface area contributed by atoms with Gasteiger partial charge in [-0.3, -0.25) is 5.10 Å². The maximum absolute atomic E-state index is 6.08. The Morgan fingerprint density at radius 2 is 2.22 bits per heavy atom. The van der Waals surface area contributed by atoms with E-state index >= 15 is 0 Å². The molecule has 0 atom stereocenters. The lowest BCUT2D eigenvalue weighted by Crippen LogP contribution is -2.40. The van der Waals surface area contributed by atoms with E-state index in [2.05, 4.69) is 20.1 Å². The monoisotopic (exact) mass is 283 g/mol. The molecule has 18 heavy (non-hydrogen) atoms. The van der Waals surface area contributed by atoms with Crippen molar-refractivity contribution in [1.82, 2.24) is 15.2 Å². The minimum Gasteiger partial charge on any atom is -0.339 e. The van der Waals surface area contributed by atoms with Gasteiger partial charge in [-0.25, -0.2) is 0 Å². The molecule has 0 aliphatic carbocycles. The van der Waals surface area contributed by atoms with Crippen molar-refractivity contribution in [2.24, 2.45) is 5.73 Å². The molecule has 3 N–H and O–H groups in total. The minimum atomic E-state index is 0.311. The smallest absolute Gasteiger partial charge is 0.245 e. The summed E-state index contributed by atoms with van der Waals surface area (Å²) in [6, 6.07) is 2.18. The Hall–Kier alpha value is -1.11. The van der Waals surface area contributed by atoms with Crippen LogP contribution in [-0.4, -0.2) is 34.3 Å². The van der Waals surface area contributed by atoms with E-state index in [1.165, 1.54) is 0 Å². The molecule has 7 heteroatoms. The number of rotatable bonds is 2. The maximum Gasteiger partial charge on any atom is 0.245 e. The van der Waals surface area contributed by atoms with Crippen molar-refractivity contribution in [3.05, 3.63) is 16.5 Å². The van der Waals surface area contributed by atoms with E-state index in [0.29, 0.717) is 11.1 Å². The molecule has 0 bridgehead atoms. The Bertz CT molecular complexity index is 529. The first-order chi connectivity index (χ1) is 8.74. The highest BCUT2D eigenvalue weighted by Gasteiger charge is 2.20. The fourth-order valence-electron chi connectivity index (χ4n) is 2.06. The molecule has 0 amide bonds. The van der Waals surface area contributed by atoms with E-state index in [0.717, 1.165) is 42.6 Å². The van der Waals surface area contributed by atoms with Gasteiger partial charge in [0, 0.05) is 19.1 Å². The molecule has 1 saturated heterocycles. The number of H-pyrrole nitrogens is 1. The average molecular weight is 284 g/mol. The number of halogens is 1. The average Bonchev–Trinajstić information content (AvgIpc) is 2.98. The SMILES string of the molecule is NC1CCN(c2n[nH]c(-c3sccc3Cl)n2)CC1. The quantitative estimate of drug-likeness (QED) is 0.886. The van der Waals surface area contributed by atoms with Crippen molar-refractivity contribution in [3.63, 3.8) is 0 Å². The fraction of sp³-hybridized carbons (Fsp3) is 0.455. The van der Waals surface area contributed by atoms with Gasteiger partial charge in [0.2, 0.25) is 5.95 Å². The molecular weight excluding hydrogens is 270 g/mol. The van der Waals surface area contributed by atoms with Crippen molar-refractivity contribution >= 4 is 28.9 Å². The summed E-state index contributed by atoms with van der Waals surface area (Å²) in [4.78, 5) is 7.60. The summed E-state index contributed by atoms with van der Waals surface area (Å²) in [5.74, 6) is 1.47. The van der Waals surface area contributed by atoms with E-state index in [1.54, 1.807) is 11.3 Å². The molecule has 0 radical (unpaired) electrons. The molecule has 0 aromatic carbocycles. The Morgan fingerprint density at radius 3 is 2.89 bits per heavy atom. The van der Waals surface area contributed by atoms with Crippen LogP contribution in [0.4, 0.5) is 5.95 Å². The number of piperidine rings is 1. The summed E-state index contributed by atoms with van der Waals surface area (Å²) in [6.07, 6.45) is 1.98. The van der Waals surface area contributed by atoms with Crippen LogP contribution in [0.25, 0.3) is 10.7 Å². The highest BCUT2D eigenvalue weighted by atomic mass is 35.5. The van der Waals surface area contributed by atoms with E-state index in [4.69, 9.17) is 17.3 Å². The van der Waals surface area contributed by atoms with Crippen molar-refractivity contribution in [2.75, 3.05) is 18.0 Å². The van der Waals surface area contributed by atoms with Crippen LogP contribution in [0, 0.1) is 0 Å². The first kappa shape index (κ1) is 12.0. The number of anilines is 1. The van der Waals surface area contributed by atoms with E-state index in [1.807, 2.05) is 11.4 Å². The number of nitrogens with two attached hydrogens (primary N) is 1. The second-order valence-electron chi connectivity index (χ2n) is 4.41. The molecule has 2 aromatic heterocycles. The molecular formula is C11H14ClN5S. The van der Waals surface area contributed by atoms with Gasteiger partial charge in [0.15, 0.2) is 5.82 Å². The van der Waals surface area contributed by atoms with Gasteiger partial charge in [-0.1, -0.05) is 11.6 Å². The summed E-state index contributed by atoms with van der Waals surface area (Å²) < 4.78 is 0. The normalized spacial score (nSPS) is 17.3. The summed E-state index contributed by atoms with van der Waals surface area (Å²) in [5, 5.41) is 9.86. The third-order valence-electron chi connectivity index (χ3n) is 3.13. The standard InChI is InChI=1S/C11H14ClN5S/c12-8-3-6-18-9(8)10-14-11(16-15-10)17-4-1-7(13)2-5-17/h3,6-7H,1-2,4-5,13H2,(H,14,15,16). The summed E-state index contributed by atoms with van der Waals surface area (Å²) in [5.41, 5.74) is 5.89. The Kier molecular flexibility index (Phi) is 3.23. The topological polar surface area (TPSA) is 70.8 Å². The Balaban J connectivity index is 1.80. The van der Waals surface area contributed by atoms with Crippen molar-refractivity contribution in [2.45, 2.75) is 18.9 Å². The van der Waals surface area contributed by atoms with Gasteiger partial charge >= 0.3 is 0 Å². The molecule has 0 spiro atoms. The zero-order valence-electron chi connectivity index (χ0n) is 9.77. The van der Waals surface area contributed by atoms with E-state index in [9.17, 15) is 0 Å². The number of nitrogens with zero attached hydrogens (tertiary/aromatic N) is 3. The van der Waals surface area contributed by atoms with Gasteiger partial charge < -0.3 is 10.6 Å². The lowest BCUT2D eigenvalue weighted by atomic mass is 10.1. The van der Waals surface area contributed by atoms with Crippen LogP contribution in [0.15, 0.2) is 11.4 Å². The zero-order valence-corrected chi connectivity index (χ0v) is 11.3. The highest BCUT2D eigenvalue weighted by molar-refractivity contribution is 7.14. The predicted octanol–water partition coefficient (Wildman–Crippen LogP) is 2.11. The van der Waals surface area contributed by atoms with Gasteiger partial charge in [0.05, 0.1) is 9.90 Å². The van der Waals surface area contributed by atoms with Crippen LogP contribution in [0.1, 0.15) is 12.8 Å². The maximum atomic E-state index is 6.08. The molecule has 2 aromatic rings. The number of aromatic amines is 1. The van der Waals surface area contributed by atoms with Gasteiger partial charge in [-0.05, 0) is 24.3 Å². The second kappa shape index (κ2) is 4.87. The van der Waals surface area contributed by atoms with Gasteiger partial charge in [-0.2, -0.15) is 4.98 Å². The first-order valence-electron chi connectivity index (χ1n) is 5.90. The molecule has 1 aliphatic rings. The number of aromatic nitrogens is 3. The molecule has 0 unspecified atom stereocenters. The van der Waals surface area contributed by atoms with Crippen LogP contribution < -0.4 is 10.6 Å². The third-order valence-corrected chi connectivity index (χ3v) is 4.48. The van der Waals surface area contributed by atoms with Crippen molar-refractivity contribution in [3.8, 4) is 10.7 Å². The fourth-order valence-corrected chi connectivity index (χ4v) is 3.14. The largest absolute Gasteiger partial charge is 0.339 e. The number of nitrogens with one attached hydrogen (secondary N) is 1. The molecule has 0 saturated carbocycles. The van der Waals surface area contributed by atoms with Crippen LogP contribution in [0.5, 0.6) is 0 Å². The van der Waals surface area contributed by atoms with Gasteiger partial charge in [0.25, 0.3) is 0 Å². The van der Waals surface area contributed by atoms with Crippen LogP contribution >= 0.6 is 22.9 Å². The number of hydrogen-bond donors (Lipinski definition) is 2. The molecule has 3 rings (SSSR count). The lowest BCUT2D eigenvalue weighted by Gasteiger charge is -2.28. The first-order valence-corrected chi connectivity index (χ1v) is 7.16. The van der Waals surface area contributed by atoms with Crippen molar-refractivity contribution in [1.29, 1.82) is 0 Å². The van der Waals surface area contributed by atoms with Gasteiger partial charge in [-0.15, -0.1) is 16.4 Å². The minimum absolute atomic E-state index is 0.311. The van der Waals surface area contributed by atoms with Crippen molar-refractivity contribution < 1.29 is 0 Å². The lowest BCUT2D eigenvalue weighted by molar-refractivity contribution is 0.496. The highest BCUT2D eigenvalue weighted by Crippen LogP contribution is 2.31. The summed E-state index contributed by atoms with van der Waals surface area (Å²) in [6.45, 7) is 1.83. The van der Waals surface area contributed by atoms with Crippen LogP contribution in [-0.2, 0) is 0 Å². The Labute approximate surface area is 114 Å². The third kappa shape index (κ3) is 2.23. The second-order valence-corrected chi connectivity index (χ2v) is 5.73. The molecule has 3 heterocycles. The molecule has 1 aliphatic heterocycles. The summed E-state index contributed by atoms with van der Waals surface area (Å²) in [7, 11) is 0. The molecule has 96 valence electrons. The number of thiophene rings is 1. The van der Waals surface area contributed by atoms with Crippen LogP contribution in [0.2, 0.25) is 5.02 Å². The predicted molar refractivity (Wildman–Crippen MR) is 74.1 cm³/mol. The molecule has 5 nitrogen and oxygen atoms in total. The van der Waals surface area contributed by atoms with E-state index in [-0.39, 0.29) is 0 Å². The van der Waals surface area contributed by atoms with E-state index < -0.39 is 0 Å². The zero-order chi connectivity index (χ0) is 12.5. The van der Waals surface area contributed by atoms with Gasteiger partial charge in [0.1, 0.15) is 0 Å². The number of hydrogen-bond acceptors (Lipinski definition) is 5.